The highest BCUT2D eigenvalue weighted by Gasteiger charge is 2.50. The fourth-order valence-electron chi connectivity index (χ4n) is 3.71. The Balaban J connectivity index is 1.66. The van der Waals surface area contributed by atoms with E-state index in [9.17, 15) is 18.0 Å². The first kappa shape index (κ1) is 16.0. The van der Waals surface area contributed by atoms with E-state index in [0.717, 1.165) is 0 Å². The molecule has 0 aromatic heterocycles. The van der Waals surface area contributed by atoms with Gasteiger partial charge in [0.1, 0.15) is 0 Å². The lowest BCUT2D eigenvalue weighted by Gasteiger charge is -2.27. The van der Waals surface area contributed by atoms with Crippen LogP contribution >= 0.6 is 0 Å². The van der Waals surface area contributed by atoms with E-state index in [1.165, 1.54) is 0 Å². The van der Waals surface area contributed by atoms with Crippen molar-refractivity contribution in [2.24, 2.45) is 0 Å². The number of rotatable bonds is 3. The zero-order valence-electron chi connectivity index (χ0n) is 13.5. The average molecular weight is 355 g/mol. The fourth-order valence-corrected chi connectivity index (χ4v) is 5.74. The fraction of sp³-hybridized carbons (Fsp3) is 0.263. The van der Waals surface area contributed by atoms with Crippen molar-refractivity contribution in [1.82, 2.24) is 4.90 Å². The lowest BCUT2D eigenvalue weighted by molar-refractivity contribution is 0.0741. The maximum Gasteiger partial charge on any atom is 0.254 e. The third-order valence-electron chi connectivity index (χ3n) is 5.01. The molecule has 2 aromatic carbocycles. The van der Waals surface area contributed by atoms with Gasteiger partial charge in [-0.05, 0) is 12.5 Å². The molecule has 2 atom stereocenters. The molecule has 1 amide bonds. The lowest BCUT2D eigenvalue weighted by atomic mass is 9.97. The Morgan fingerprint density at radius 1 is 0.920 bits per heavy atom. The van der Waals surface area contributed by atoms with Crippen molar-refractivity contribution in [3.05, 3.63) is 71.3 Å². The molecule has 2 bridgehead atoms. The number of sulfone groups is 1. The number of ketones is 1. The second-order valence-electron chi connectivity index (χ2n) is 6.54. The number of amides is 1. The smallest absolute Gasteiger partial charge is 0.254 e. The van der Waals surface area contributed by atoms with E-state index in [4.69, 9.17) is 0 Å². The second-order valence-corrected chi connectivity index (χ2v) is 8.87. The SMILES string of the molecule is O=C(c1ccccc1)c1ccccc1C(=O)N1CC2CC1CS2(=O)=O. The summed E-state index contributed by atoms with van der Waals surface area (Å²) in [4.78, 5) is 27.4. The van der Waals surface area contributed by atoms with Crippen LogP contribution in [0.2, 0.25) is 0 Å². The highest BCUT2D eigenvalue weighted by atomic mass is 32.2. The van der Waals surface area contributed by atoms with E-state index < -0.39 is 15.1 Å². The summed E-state index contributed by atoms with van der Waals surface area (Å²) in [6.45, 7) is 0.222. The molecule has 2 fully saturated rings. The second kappa shape index (κ2) is 5.81. The molecular formula is C19H17NO4S. The molecule has 2 aliphatic rings. The molecule has 2 saturated heterocycles. The van der Waals surface area contributed by atoms with Crippen molar-refractivity contribution in [3.63, 3.8) is 0 Å². The van der Waals surface area contributed by atoms with Crippen LogP contribution in [-0.4, -0.2) is 48.6 Å². The van der Waals surface area contributed by atoms with Gasteiger partial charge in [0.15, 0.2) is 15.6 Å². The summed E-state index contributed by atoms with van der Waals surface area (Å²) >= 11 is 0. The van der Waals surface area contributed by atoms with Gasteiger partial charge in [-0.15, -0.1) is 0 Å². The first-order chi connectivity index (χ1) is 12.0. The summed E-state index contributed by atoms with van der Waals surface area (Å²) in [5.41, 5.74) is 1.21. The van der Waals surface area contributed by atoms with Crippen molar-refractivity contribution < 1.29 is 18.0 Å². The van der Waals surface area contributed by atoms with Crippen molar-refractivity contribution in [2.45, 2.75) is 17.7 Å². The third kappa shape index (κ3) is 2.66. The quantitative estimate of drug-likeness (QED) is 0.789. The average Bonchev–Trinajstić information content (AvgIpc) is 3.17. The van der Waals surface area contributed by atoms with Crippen LogP contribution in [0.4, 0.5) is 0 Å². The molecule has 6 heteroatoms. The molecule has 0 aliphatic carbocycles. The van der Waals surface area contributed by atoms with Gasteiger partial charge in [0.2, 0.25) is 0 Å². The molecule has 0 spiro atoms. The van der Waals surface area contributed by atoms with Crippen LogP contribution in [0.3, 0.4) is 0 Å². The normalized spacial score (nSPS) is 23.6. The monoisotopic (exact) mass is 355 g/mol. The molecule has 0 radical (unpaired) electrons. The molecule has 2 unspecified atom stereocenters. The van der Waals surface area contributed by atoms with Gasteiger partial charge in [-0.2, -0.15) is 0 Å². The predicted molar refractivity (Wildman–Crippen MR) is 93.3 cm³/mol. The van der Waals surface area contributed by atoms with Gasteiger partial charge in [0, 0.05) is 23.7 Å². The Kier molecular flexibility index (Phi) is 3.72. The number of benzene rings is 2. The van der Waals surface area contributed by atoms with Gasteiger partial charge in [0.05, 0.1) is 16.6 Å². The molecule has 2 aromatic rings. The van der Waals surface area contributed by atoms with E-state index >= 15 is 0 Å². The minimum atomic E-state index is -3.07. The summed E-state index contributed by atoms with van der Waals surface area (Å²) in [5.74, 6) is -0.443. The molecule has 2 aliphatic heterocycles. The molecule has 128 valence electrons. The van der Waals surface area contributed by atoms with Gasteiger partial charge in [0.25, 0.3) is 5.91 Å². The van der Waals surface area contributed by atoms with Crippen molar-refractivity contribution in [3.8, 4) is 0 Å². The standard InChI is InChI=1S/C19H17NO4S/c21-18(13-6-2-1-3-7-13)16-8-4-5-9-17(16)19(22)20-11-15-10-14(20)12-25(15,23)24/h1-9,14-15H,10-12H2. The zero-order valence-corrected chi connectivity index (χ0v) is 14.3. The zero-order chi connectivity index (χ0) is 17.6. The predicted octanol–water partition coefficient (Wildman–Crippen LogP) is 1.93. The van der Waals surface area contributed by atoms with Gasteiger partial charge in [-0.25, -0.2) is 8.42 Å². The minimum Gasteiger partial charge on any atom is -0.333 e. The Labute approximate surface area is 146 Å². The van der Waals surface area contributed by atoms with Crippen molar-refractivity contribution in [1.29, 1.82) is 0 Å². The molecule has 5 nitrogen and oxygen atoms in total. The number of hydrogen-bond donors (Lipinski definition) is 0. The van der Waals surface area contributed by atoms with Gasteiger partial charge in [-0.1, -0.05) is 48.5 Å². The van der Waals surface area contributed by atoms with Crippen LogP contribution in [0.15, 0.2) is 54.6 Å². The molecule has 4 rings (SSSR count). The summed E-state index contributed by atoms with van der Waals surface area (Å²) in [5, 5.41) is -0.460. The third-order valence-corrected chi connectivity index (χ3v) is 7.21. The first-order valence-corrected chi connectivity index (χ1v) is 9.90. The summed E-state index contributed by atoms with van der Waals surface area (Å²) in [6, 6.07) is 15.3. The van der Waals surface area contributed by atoms with E-state index in [1.54, 1.807) is 53.4 Å². The van der Waals surface area contributed by atoms with Gasteiger partial charge < -0.3 is 4.90 Å². The molecule has 2 heterocycles. The maximum atomic E-state index is 13.0. The summed E-state index contributed by atoms with van der Waals surface area (Å²) in [7, 11) is -3.07. The van der Waals surface area contributed by atoms with E-state index in [-0.39, 0.29) is 30.0 Å². The molecular weight excluding hydrogens is 338 g/mol. The largest absolute Gasteiger partial charge is 0.333 e. The minimum absolute atomic E-state index is 0.0260. The summed E-state index contributed by atoms with van der Waals surface area (Å²) < 4.78 is 23.8. The number of carbonyl (C=O) groups excluding carboxylic acids is 2. The van der Waals surface area contributed by atoms with Crippen LogP contribution in [0, 0.1) is 0 Å². The first-order valence-electron chi connectivity index (χ1n) is 8.19. The summed E-state index contributed by atoms with van der Waals surface area (Å²) in [6.07, 6.45) is 0.503. The number of carbonyl (C=O) groups is 2. The highest BCUT2D eigenvalue weighted by molar-refractivity contribution is 7.92. The Morgan fingerprint density at radius 2 is 1.56 bits per heavy atom. The lowest BCUT2D eigenvalue weighted by Crippen LogP contribution is -2.44. The number of nitrogens with zero attached hydrogens (tertiary/aromatic N) is 1. The van der Waals surface area contributed by atoms with Gasteiger partial charge >= 0.3 is 0 Å². The van der Waals surface area contributed by atoms with Crippen LogP contribution in [0.5, 0.6) is 0 Å². The Bertz CT molecular complexity index is 952. The van der Waals surface area contributed by atoms with E-state index in [0.29, 0.717) is 23.1 Å². The van der Waals surface area contributed by atoms with Crippen molar-refractivity contribution >= 4 is 21.5 Å². The van der Waals surface area contributed by atoms with Crippen LogP contribution in [0.1, 0.15) is 32.7 Å². The number of likely N-dealkylation sites (tertiary alicyclic amines) is 1. The van der Waals surface area contributed by atoms with E-state index in [1.807, 2.05) is 6.07 Å². The van der Waals surface area contributed by atoms with E-state index in [2.05, 4.69) is 0 Å². The Hall–Kier alpha value is -2.47. The van der Waals surface area contributed by atoms with Crippen molar-refractivity contribution in [2.75, 3.05) is 12.3 Å². The molecule has 0 saturated carbocycles. The van der Waals surface area contributed by atoms with Crippen LogP contribution in [-0.2, 0) is 9.84 Å². The van der Waals surface area contributed by atoms with Crippen LogP contribution < -0.4 is 0 Å². The van der Waals surface area contributed by atoms with Crippen LogP contribution in [0.25, 0.3) is 0 Å². The Morgan fingerprint density at radius 3 is 2.16 bits per heavy atom. The number of fused-ring (bicyclic) bond motifs is 2. The highest BCUT2D eigenvalue weighted by Crippen LogP contribution is 2.34. The number of hydrogen-bond acceptors (Lipinski definition) is 4. The topological polar surface area (TPSA) is 71.5 Å². The maximum absolute atomic E-state index is 13.0. The van der Waals surface area contributed by atoms with Gasteiger partial charge in [-0.3, -0.25) is 9.59 Å². The molecule has 0 N–H and O–H groups in total. The molecule has 25 heavy (non-hydrogen) atoms.